The van der Waals surface area contributed by atoms with Crippen LogP contribution in [-0.4, -0.2) is 38.2 Å². The van der Waals surface area contributed by atoms with Crippen molar-refractivity contribution >= 4 is 5.91 Å². The highest BCUT2D eigenvalue weighted by Crippen LogP contribution is 2.08. The van der Waals surface area contributed by atoms with Gasteiger partial charge in [-0.05, 0) is 18.1 Å². The van der Waals surface area contributed by atoms with E-state index in [0.29, 0.717) is 13.1 Å². The van der Waals surface area contributed by atoms with E-state index in [-0.39, 0.29) is 19.7 Å². The lowest BCUT2D eigenvalue weighted by atomic mass is 10.1. The maximum atomic E-state index is 12.9. The van der Waals surface area contributed by atoms with Gasteiger partial charge in [0.15, 0.2) is 0 Å². The molecule has 0 aliphatic heterocycles. The first-order valence-electron chi connectivity index (χ1n) is 9.76. The lowest BCUT2D eigenvalue weighted by Gasteiger charge is -2.22. The van der Waals surface area contributed by atoms with Crippen LogP contribution < -0.4 is 11.2 Å². The number of hydrogen-bond donors (Lipinski definition) is 1. The van der Waals surface area contributed by atoms with E-state index in [1.807, 2.05) is 61.5 Å². The van der Waals surface area contributed by atoms with Gasteiger partial charge in [0.2, 0.25) is 5.91 Å². The molecule has 3 rings (SSSR count). The average molecular weight is 407 g/mol. The summed E-state index contributed by atoms with van der Waals surface area (Å²) in [7, 11) is 0. The van der Waals surface area contributed by atoms with Gasteiger partial charge in [-0.15, -0.1) is 0 Å². The molecule has 1 heterocycles. The van der Waals surface area contributed by atoms with Crippen LogP contribution in [0.15, 0.2) is 76.4 Å². The second-order valence-electron chi connectivity index (χ2n) is 7.16. The Hall–Kier alpha value is -3.45. The maximum Gasteiger partial charge on any atom is 0.331 e. The fourth-order valence-electron chi connectivity index (χ4n) is 3.28. The Morgan fingerprint density at radius 1 is 1.00 bits per heavy atom. The predicted molar refractivity (Wildman–Crippen MR) is 114 cm³/mol. The zero-order valence-corrected chi connectivity index (χ0v) is 16.9. The highest BCUT2D eigenvalue weighted by atomic mass is 16.3. The molecule has 0 spiro atoms. The minimum absolute atomic E-state index is 0.118. The van der Waals surface area contributed by atoms with Crippen LogP contribution in [0.4, 0.5) is 0 Å². The van der Waals surface area contributed by atoms with E-state index < -0.39 is 17.2 Å². The predicted octanol–water partition coefficient (Wildman–Crippen LogP) is 1.39. The monoisotopic (exact) mass is 407 g/mol. The van der Waals surface area contributed by atoms with E-state index in [2.05, 4.69) is 0 Å². The Morgan fingerprint density at radius 2 is 1.73 bits per heavy atom. The largest absolute Gasteiger partial charge is 0.395 e. The Bertz CT molecular complexity index is 1120. The van der Waals surface area contributed by atoms with E-state index in [9.17, 15) is 19.5 Å². The second kappa shape index (κ2) is 9.84. The third-order valence-electron chi connectivity index (χ3n) is 4.81. The number of aliphatic hydroxyl groups is 1. The molecular weight excluding hydrogens is 382 g/mol. The first-order chi connectivity index (χ1) is 14.5. The molecule has 0 bridgehead atoms. The molecule has 0 fully saturated rings. The Balaban J connectivity index is 1.82. The van der Waals surface area contributed by atoms with Crippen LogP contribution in [0.25, 0.3) is 0 Å². The van der Waals surface area contributed by atoms with Crippen molar-refractivity contribution in [1.82, 2.24) is 14.0 Å². The lowest BCUT2D eigenvalue weighted by molar-refractivity contribution is -0.133. The van der Waals surface area contributed by atoms with Crippen LogP contribution in [-0.2, 0) is 24.4 Å². The number of aliphatic hydroxyl groups excluding tert-OH is 1. The van der Waals surface area contributed by atoms with Crippen LogP contribution in [0.3, 0.4) is 0 Å². The number of benzene rings is 2. The molecule has 1 aromatic heterocycles. The molecule has 156 valence electrons. The molecule has 1 N–H and O–H groups in total. The Morgan fingerprint density at radius 3 is 2.43 bits per heavy atom. The average Bonchev–Trinajstić information content (AvgIpc) is 2.73. The van der Waals surface area contributed by atoms with E-state index in [0.717, 1.165) is 21.3 Å². The first-order valence-corrected chi connectivity index (χ1v) is 9.76. The van der Waals surface area contributed by atoms with Crippen molar-refractivity contribution in [2.24, 2.45) is 0 Å². The molecule has 0 aliphatic rings. The van der Waals surface area contributed by atoms with Crippen LogP contribution >= 0.6 is 0 Å². The zero-order valence-electron chi connectivity index (χ0n) is 16.9. The van der Waals surface area contributed by atoms with E-state index in [4.69, 9.17) is 0 Å². The topological polar surface area (TPSA) is 84.5 Å². The van der Waals surface area contributed by atoms with Crippen molar-refractivity contribution in [3.8, 4) is 0 Å². The molecule has 30 heavy (non-hydrogen) atoms. The maximum absolute atomic E-state index is 12.9. The number of carbonyl (C=O) groups is 1. The molecule has 0 saturated heterocycles. The third kappa shape index (κ3) is 5.33. The van der Waals surface area contributed by atoms with E-state index >= 15 is 0 Å². The third-order valence-corrected chi connectivity index (χ3v) is 4.81. The van der Waals surface area contributed by atoms with Gasteiger partial charge in [-0.25, -0.2) is 4.79 Å². The van der Waals surface area contributed by atoms with Gasteiger partial charge >= 0.3 is 5.69 Å². The summed E-state index contributed by atoms with van der Waals surface area (Å²) in [5, 5.41) is 9.37. The first kappa shape index (κ1) is 21.3. The summed E-state index contributed by atoms with van der Waals surface area (Å²) in [6.07, 6.45) is 1.44. The molecule has 0 aliphatic carbocycles. The van der Waals surface area contributed by atoms with Crippen LogP contribution in [0.2, 0.25) is 0 Å². The van der Waals surface area contributed by atoms with Crippen molar-refractivity contribution in [2.75, 3.05) is 13.2 Å². The van der Waals surface area contributed by atoms with Crippen molar-refractivity contribution in [2.45, 2.75) is 26.6 Å². The van der Waals surface area contributed by atoms with Gasteiger partial charge in [0.05, 0.1) is 13.2 Å². The summed E-state index contributed by atoms with van der Waals surface area (Å²) in [5.41, 5.74) is 1.82. The fourth-order valence-corrected chi connectivity index (χ4v) is 3.28. The van der Waals surface area contributed by atoms with Crippen molar-refractivity contribution in [1.29, 1.82) is 0 Å². The molecule has 3 aromatic rings. The number of aromatic nitrogens is 2. The van der Waals surface area contributed by atoms with E-state index in [1.54, 1.807) is 0 Å². The van der Waals surface area contributed by atoms with Crippen LogP contribution in [0.5, 0.6) is 0 Å². The van der Waals surface area contributed by atoms with Gasteiger partial charge < -0.3 is 10.0 Å². The van der Waals surface area contributed by atoms with E-state index in [1.165, 1.54) is 21.7 Å². The summed E-state index contributed by atoms with van der Waals surface area (Å²) < 4.78 is 2.34. The summed E-state index contributed by atoms with van der Waals surface area (Å²) >= 11 is 0. The number of nitrogens with zero attached hydrogens (tertiary/aromatic N) is 3. The van der Waals surface area contributed by atoms with Gasteiger partial charge in [0.1, 0.15) is 6.54 Å². The lowest BCUT2D eigenvalue weighted by Crippen LogP contribution is -2.44. The molecule has 7 nitrogen and oxygen atoms in total. The number of rotatable bonds is 8. The van der Waals surface area contributed by atoms with Crippen molar-refractivity contribution < 1.29 is 9.90 Å². The number of aryl methyl sites for hydroxylation is 1. The number of hydrogen-bond acceptors (Lipinski definition) is 4. The molecule has 0 atom stereocenters. The van der Waals surface area contributed by atoms with Crippen LogP contribution in [0.1, 0.15) is 16.7 Å². The summed E-state index contributed by atoms with van der Waals surface area (Å²) in [4.78, 5) is 39.4. The van der Waals surface area contributed by atoms with Crippen LogP contribution in [0, 0.1) is 6.92 Å². The molecular formula is C23H25N3O4. The summed E-state index contributed by atoms with van der Waals surface area (Å²) in [6.45, 7) is 2.09. The molecule has 7 heteroatoms. The number of amides is 1. The minimum atomic E-state index is -0.542. The second-order valence-corrected chi connectivity index (χ2v) is 7.16. The molecule has 1 amide bonds. The molecule has 0 radical (unpaired) electrons. The standard InChI is InChI=1S/C23H25N3O4/c1-18-6-5-9-20(14-18)16-24(12-13-27)22(29)17-26-21(28)10-11-25(23(26)30)15-19-7-3-2-4-8-19/h2-11,14,27H,12-13,15-17H2,1H3. The summed E-state index contributed by atoms with van der Waals surface area (Å²) in [6, 6.07) is 18.4. The van der Waals surface area contributed by atoms with Gasteiger partial charge in [0, 0.05) is 25.4 Å². The SMILES string of the molecule is Cc1cccc(CN(CCO)C(=O)Cn2c(=O)ccn(Cc3ccccc3)c2=O)c1. The quantitative estimate of drug-likeness (QED) is 0.612. The van der Waals surface area contributed by atoms with Gasteiger partial charge in [0.25, 0.3) is 5.56 Å². The highest BCUT2D eigenvalue weighted by Gasteiger charge is 2.17. The highest BCUT2D eigenvalue weighted by molar-refractivity contribution is 5.76. The van der Waals surface area contributed by atoms with Gasteiger partial charge in [-0.1, -0.05) is 60.2 Å². The van der Waals surface area contributed by atoms with Crippen molar-refractivity contribution in [3.05, 3.63) is 104 Å². The number of carbonyl (C=O) groups excluding carboxylic acids is 1. The van der Waals surface area contributed by atoms with Gasteiger partial charge in [-0.2, -0.15) is 0 Å². The molecule has 0 unspecified atom stereocenters. The smallest absolute Gasteiger partial charge is 0.331 e. The fraction of sp³-hybridized carbons (Fsp3) is 0.261. The Kier molecular flexibility index (Phi) is 6.98. The Labute approximate surface area is 174 Å². The molecule has 2 aromatic carbocycles. The summed E-state index contributed by atoms with van der Waals surface area (Å²) in [5.74, 6) is -0.401. The zero-order chi connectivity index (χ0) is 21.5. The van der Waals surface area contributed by atoms with Crippen molar-refractivity contribution in [3.63, 3.8) is 0 Å². The minimum Gasteiger partial charge on any atom is -0.395 e. The normalized spacial score (nSPS) is 10.7. The molecule has 0 saturated carbocycles. The van der Waals surface area contributed by atoms with Gasteiger partial charge in [-0.3, -0.25) is 18.7 Å².